The fourth-order valence-electron chi connectivity index (χ4n) is 2.22. The molecule has 1 aromatic heterocycles. The number of hydrogen-bond acceptors (Lipinski definition) is 5. The first-order chi connectivity index (χ1) is 11.7. The van der Waals surface area contributed by atoms with E-state index in [0.717, 1.165) is 11.0 Å². The second-order valence-corrected chi connectivity index (χ2v) is 5.00. The SMILES string of the molecule is COc1ccc(OC/C(O)=C(/C#N)c2nc3ccccc3[nH]2)cc1. The summed E-state index contributed by atoms with van der Waals surface area (Å²) >= 11 is 0. The Morgan fingerprint density at radius 3 is 2.54 bits per heavy atom. The fourth-order valence-corrected chi connectivity index (χ4v) is 2.22. The Morgan fingerprint density at radius 2 is 1.88 bits per heavy atom. The van der Waals surface area contributed by atoms with Crippen molar-refractivity contribution in [3.05, 3.63) is 60.1 Å². The van der Waals surface area contributed by atoms with Crippen LogP contribution < -0.4 is 9.47 Å². The summed E-state index contributed by atoms with van der Waals surface area (Å²) in [6.07, 6.45) is 0. The normalized spacial score (nSPS) is 11.7. The van der Waals surface area contributed by atoms with Gasteiger partial charge in [0.05, 0.1) is 18.1 Å². The van der Waals surface area contributed by atoms with Gasteiger partial charge in [-0.25, -0.2) is 4.98 Å². The van der Waals surface area contributed by atoms with Crippen LogP contribution in [0.4, 0.5) is 0 Å². The van der Waals surface area contributed by atoms with E-state index in [1.807, 2.05) is 30.3 Å². The van der Waals surface area contributed by atoms with Gasteiger partial charge in [-0.05, 0) is 36.4 Å². The predicted octanol–water partition coefficient (Wildman–Crippen LogP) is 3.44. The Kier molecular flexibility index (Phi) is 4.34. The van der Waals surface area contributed by atoms with Crippen molar-refractivity contribution in [3.8, 4) is 17.6 Å². The molecular formula is C18H15N3O3. The molecule has 0 saturated heterocycles. The van der Waals surface area contributed by atoms with Crippen molar-refractivity contribution >= 4 is 16.6 Å². The zero-order chi connectivity index (χ0) is 16.9. The highest BCUT2D eigenvalue weighted by Gasteiger charge is 2.13. The van der Waals surface area contributed by atoms with E-state index in [1.54, 1.807) is 31.4 Å². The summed E-state index contributed by atoms with van der Waals surface area (Å²) in [5, 5.41) is 19.5. The number of imidazole rings is 1. The van der Waals surface area contributed by atoms with E-state index >= 15 is 0 Å². The third-order valence-corrected chi connectivity index (χ3v) is 3.46. The van der Waals surface area contributed by atoms with Crippen LogP contribution in [-0.2, 0) is 0 Å². The molecule has 0 aliphatic heterocycles. The van der Waals surface area contributed by atoms with Crippen molar-refractivity contribution in [1.29, 1.82) is 5.26 Å². The number of nitriles is 1. The highest BCUT2D eigenvalue weighted by Crippen LogP contribution is 2.21. The summed E-state index contributed by atoms with van der Waals surface area (Å²) in [5.74, 6) is 1.40. The highest BCUT2D eigenvalue weighted by atomic mass is 16.5. The molecule has 0 aliphatic rings. The number of nitrogens with zero attached hydrogens (tertiary/aromatic N) is 2. The molecule has 1 heterocycles. The number of benzene rings is 2. The second-order valence-electron chi connectivity index (χ2n) is 5.00. The maximum atomic E-state index is 10.2. The number of fused-ring (bicyclic) bond motifs is 1. The van der Waals surface area contributed by atoms with Gasteiger partial charge in [-0.15, -0.1) is 0 Å². The van der Waals surface area contributed by atoms with Crippen LogP contribution in [0.2, 0.25) is 0 Å². The zero-order valence-corrected chi connectivity index (χ0v) is 13.0. The molecule has 2 aromatic carbocycles. The molecule has 0 fully saturated rings. The van der Waals surface area contributed by atoms with Crippen LogP contribution in [0.5, 0.6) is 11.5 Å². The van der Waals surface area contributed by atoms with Crippen molar-refractivity contribution in [1.82, 2.24) is 9.97 Å². The van der Waals surface area contributed by atoms with Gasteiger partial charge in [0, 0.05) is 0 Å². The van der Waals surface area contributed by atoms with E-state index < -0.39 is 0 Å². The van der Waals surface area contributed by atoms with Crippen LogP contribution in [0.3, 0.4) is 0 Å². The molecular weight excluding hydrogens is 306 g/mol. The summed E-state index contributed by atoms with van der Waals surface area (Å²) in [5.41, 5.74) is 1.58. The molecule has 0 radical (unpaired) electrons. The average molecular weight is 321 g/mol. The lowest BCUT2D eigenvalue weighted by Crippen LogP contribution is -2.04. The van der Waals surface area contributed by atoms with Gasteiger partial charge in [-0.3, -0.25) is 0 Å². The molecule has 120 valence electrons. The lowest BCUT2D eigenvalue weighted by Gasteiger charge is -2.07. The molecule has 2 N–H and O–H groups in total. The standard InChI is InChI=1S/C18H15N3O3/c1-23-12-6-8-13(9-7-12)24-11-17(22)14(10-19)18-20-15-4-2-3-5-16(15)21-18/h2-9,22H,11H2,1H3,(H,20,21)/b17-14+. The van der Waals surface area contributed by atoms with Crippen LogP contribution in [0.25, 0.3) is 16.6 Å². The van der Waals surface area contributed by atoms with Gasteiger partial charge in [0.25, 0.3) is 0 Å². The van der Waals surface area contributed by atoms with Crippen molar-refractivity contribution in [2.45, 2.75) is 0 Å². The lowest BCUT2D eigenvalue weighted by molar-refractivity contribution is 0.272. The number of aromatic nitrogens is 2. The minimum atomic E-state index is -0.188. The van der Waals surface area contributed by atoms with Gasteiger partial charge in [0.15, 0.2) is 11.6 Å². The highest BCUT2D eigenvalue weighted by molar-refractivity contribution is 5.82. The Labute approximate surface area is 138 Å². The third kappa shape index (κ3) is 3.15. The number of aliphatic hydroxyl groups excluding tert-OH is 1. The summed E-state index contributed by atoms with van der Waals surface area (Å²) < 4.78 is 10.6. The molecule has 6 heteroatoms. The molecule has 0 saturated carbocycles. The van der Waals surface area contributed by atoms with Crippen LogP contribution in [-0.4, -0.2) is 28.8 Å². The smallest absolute Gasteiger partial charge is 0.152 e. The number of rotatable bonds is 5. The predicted molar refractivity (Wildman–Crippen MR) is 89.7 cm³/mol. The lowest BCUT2D eigenvalue weighted by atomic mass is 10.2. The molecule has 0 aliphatic carbocycles. The minimum Gasteiger partial charge on any atom is -0.507 e. The Balaban J connectivity index is 1.80. The van der Waals surface area contributed by atoms with Crippen LogP contribution >= 0.6 is 0 Å². The van der Waals surface area contributed by atoms with Crippen molar-refractivity contribution < 1.29 is 14.6 Å². The van der Waals surface area contributed by atoms with Gasteiger partial charge in [0.2, 0.25) is 0 Å². The number of hydrogen-bond donors (Lipinski definition) is 2. The van der Waals surface area contributed by atoms with Gasteiger partial charge in [0.1, 0.15) is 29.7 Å². The number of allylic oxidation sites excluding steroid dienone is 1. The molecule has 6 nitrogen and oxygen atoms in total. The summed E-state index contributed by atoms with van der Waals surface area (Å²) in [4.78, 5) is 7.33. The van der Waals surface area contributed by atoms with Crippen LogP contribution in [0, 0.1) is 11.3 Å². The van der Waals surface area contributed by atoms with Crippen molar-refractivity contribution in [2.24, 2.45) is 0 Å². The molecule has 0 atom stereocenters. The number of H-pyrrole nitrogens is 1. The van der Waals surface area contributed by atoms with E-state index in [-0.39, 0.29) is 17.9 Å². The fraction of sp³-hybridized carbons (Fsp3) is 0.111. The molecule has 0 bridgehead atoms. The van der Waals surface area contributed by atoms with E-state index in [2.05, 4.69) is 9.97 Å². The monoisotopic (exact) mass is 321 g/mol. The quantitative estimate of drug-likeness (QED) is 0.555. The maximum absolute atomic E-state index is 10.2. The topological polar surface area (TPSA) is 91.2 Å². The molecule has 3 aromatic rings. The van der Waals surface area contributed by atoms with Gasteiger partial charge < -0.3 is 19.6 Å². The number of nitrogens with one attached hydrogen (secondary N) is 1. The van der Waals surface area contributed by atoms with Crippen LogP contribution in [0.15, 0.2) is 54.3 Å². The van der Waals surface area contributed by atoms with E-state index in [4.69, 9.17) is 9.47 Å². The molecule has 0 spiro atoms. The Hall–Kier alpha value is -3.46. The molecule has 24 heavy (non-hydrogen) atoms. The minimum absolute atomic E-state index is 0.0553. The van der Waals surface area contributed by atoms with Crippen molar-refractivity contribution in [3.63, 3.8) is 0 Å². The second kappa shape index (κ2) is 6.75. The maximum Gasteiger partial charge on any atom is 0.152 e. The number of para-hydroxylation sites is 2. The number of aromatic amines is 1. The molecule has 3 rings (SSSR count). The first-order valence-electron chi connectivity index (χ1n) is 7.25. The van der Waals surface area contributed by atoms with E-state index in [0.29, 0.717) is 17.3 Å². The first kappa shape index (κ1) is 15.4. The van der Waals surface area contributed by atoms with E-state index in [9.17, 15) is 10.4 Å². The summed E-state index contributed by atoms with van der Waals surface area (Å²) in [6.45, 7) is -0.133. The summed E-state index contributed by atoms with van der Waals surface area (Å²) in [6, 6.07) is 16.3. The van der Waals surface area contributed by atoms with Crippen LogP contribution in [0.1, 0.15) is 5.82 Å². The Morgan fingerprint density at radius 1 is 1.17 bits per heavy atom. The Bertz CT molecular complexity index is 888. The largest absolute Gasteiger partial charge is 0.507 e. The zero-order valence-electron chi connectivity index (χ0n) is 13.0. The third-order valence-electron chi connectivity index (χ3n) is 3.46. The van der Waals surface area contributed by atoms with Gasteiger partial charge in [-0.2, -0.15) is 5.26 Å². The van der Waals surface area contributed by atoms with E-state index in [1.165, 1.54) is 0 Å². The number of methoxy groups -OCH3 is 1. The van der Waals surface area contributed by atoms with Gasteiger partial charge >= 0.3 is 0 Å². The summed E-state index contributed by atoms with van der Waals surface area (Å²) in [7, 11) is 1.58. The van der Waals surface area contributed by atoms with Crippen molar-refractivity contribution in [2.75, 3.05) is 13.7 Å². The first-order valence-corrected chi connectivity index (χ1v) is 7.25. The average Bonchev–Trinajstić information content (AvgIpc) is 3.04. The molecule has 0 unspecified atom stereocenters. The van der Waals surface area contributed by atoms with Gasteiger partial charge in [-0.1, -0.05) is 12.1 Å². The molecule has 0 amide bonds. The number of aliphatic hydroxyl groups is 1. The number of ether oxygens (including phenoxy) is 2.